The van der Waals surface area contributed by atoms with Crippen molar-refractivity contribution in [2.24, 2.45) is 0 Å². The fourth-order valence-corrected chi connectivity index (χ4v) is 6.21. The molecule has 0 fully saturated rings. The van der Waals surface area contributed by atoms with Crippen LogP contribution in [0, 0.1) is 0 Å². The molecule has 2 heteroatoms. The number of hydrogen-bond donors (Lipinski definition) is 0. The van der Waals surface area contributed by atoms with Gasteiger partial charge in [-0.05, 0) is 0 Å². The SMILES string of the molecule is CCCC[N](CCCC)[Sn]([CH3])([CH3])[CH3]. The predicted molar refractivity (Wildman–Crippen MR) is 64.7 cm³/mol. The third kappa shape index (κ3) is 6.78. The first kappa shape index (κ1) is 13.8. The third-order valence-corrected chi connectivity index (χ3v) is 9.20. The molecule has 0 bridgehead atoms. The third-order valence-electron chi connectivity index (χ3n) is 2.51. The van der Waals surface area contributed by atoms with Crippen LogP contribution in [0.5, 0.6) is 0 Å². The predicted octanol–water partition coefficient (Wildman–Crippen LogP) is 3.72. The van der Waals surface area contributed by atoms with Crippen LogP contribution < -0.4 is 0 Å². The Morgan fingerprint density at radius 2 is 1.23 bits per heavy atom. The van der Waals surface area contributed by atoms with Crippen molar-refractivity contribution in [1.29, 1.82) is 0 Å². The van der Waals surface area contributed by atoms with E-state index in [0.717, 1.165) is 0 Å². The van der Waals surface area contributed by atoms with E-state index < -0.39 is 18.7 Å². The van der Waals surface area contributed by atoms with Gasteiger partial charge in [0, 0.05) is 0 Å². The molecule has 80 valence electrons. The first-order chi connectivity index (χ1) is 6.02. The van der Waals surface area contributed by atoms with Crippen LogP contribution in [0.1, 0.15) is 39.5 Å². The van der Waals surface area contributed by atoms with Crippen LogP contribution >= 0.6 is 0 Å². The molecule has 0 radical (unpaired) electrons. The van der Waals surface area contributed by atoms with Gasteiger partial charge in [0.25, 0.3) is 0 Å². The molecule has 0 saturated heterocycles. The second kappa shape index (κ2) is 7.10. The van der Waals surface area contributed by atoms with Crippen LogP contribution in [-0.4, -0.2) is 34.9 Å². The standard InChI is InChI=1S/C8H18N.3CH3.Sn/c1-3-5-7-9-8-6-4-2;;;;/h3-8H2,1-2H3;3*1H3;/q-1;;;;+1. The fourth-order valence-electron chi connectivity index (χ4n) is 1.48. The maximum absolute atomic E-state index is 2.82. The van der Waals surface area contributed by atoms with Crippen molar-refractivity contribution in [2.45, 2.75) is 54.3 Å². The van der Waals surface area contributed by atoms with E-state index in [4.69, 9.17) is 0 Å². The van der Waals surface area contributed by atoms with E-state index in [9.17, 15) is 0 Å². The minimum absolute atomic E-state index is 1.34. The van der Waals surface area contributed by atoms with Gasteiger partial charge in [0.15, 0.2) is 0 Å². The Kier molecular flexibility index (Phi) is 7.52. The Morgan fingerprint density at radius 1 is 0.846 bits per heavy atom. The molecule has 0 saturated carbocycles. The number of nitrogens with zero attached hydrogens (tertiary/aromatic N) is 1. The molecule has 0 aromatic carbocycles. The van der Waals surface area contributed by atoms with Gasteiger partial charge in [-0.3, -0.25) is 0 Å². The Balaban J connectivity index is 3.88. The molecule has 0 heterocycles. The molecule has 0 amide bonds. The molecular weight excluding hydrogens is 265 g/mol. The molecule has 0 rings (SSSR count). The van der Waals surface area contributed by atoms with Gasteiger partial charge in [-0.2, -0.15) is 0 Å². The average Bonchev–Trinajstić information content (AvgIpc) is 2.02. The second-order valence-electron chi connectivity index (χ2n) is 4.86. The Morgan fingerprint density at radius 3 is 1.46 bits per heavy atom. The summed E-state index contributed by atoms with van der Waals surface area (Å²) < 4.78 is 2.82. The molecule has 0 N–H and O–H groups in total. The van der Waals surface area contributed by atoms with Crippen molar-refractivity contribution in [3.05, 3.63) is 0 Å². The van der Waals surface area contributed by atoms with Crippen LogP contribution in [0.15, 0.2) is 0 Å². The first-order valence-electron chi connectivity index (χ1n) is 5.77. The summed E-state index contributed by atoms with van der Waals surface area (Å²) in [4.78, 5) is 7.58. The summed E-state index contributed by atoms with van der Waals surface area (Å²) in [5.41, 5.74) is 0. The first-order valence-corrected chi connectivity index (χ1v) is 15.6. The molecule has 0 aromatic heterocycles. The summed E-state index contributed by atoms with van der Waals surface area (Å²) in [5.74, 6) is 0. The molecule has 0 atom stereocenters. The molecule has 13 heavy (non-hydrogen) atoms. The molecule has 0 aliphatic heterocycles. The van der Waals surface area contributed by atoms with Crippen molar-refractivity contribution in [3.8, 4) is 0 Å². The minimum atomic E-state index is -1.73. The van der Waals surface area contributed by atoms with E-state index in [2.05, 4.69) is 31.8 Å². The van der Waals surface area contributed by atoms with Gasteiger partial charge >= 0.3 is 89.2 Å². The molecule has 1 nitrogen and oxygen atoms in total. The van der Waals surface area contributed by atoms with Crippen LogP contribution in [-0.2, 0) is 0 Å². The molecule has 0 aromatic rings. The number of hydrogen-bond acceptors (Lipinski definition) is 1. The van der Waals surface area contributed by atoms with E-state index in [1.807, 2.05) is 0 Å². The summed E-state index contributed by atoms with van der Waals surface area (Å²) in [6.45, 7) is 7.29. The normalized spacial score (nSPS) is 12.5. The quantitative estimate of drug-likeness (QED) is 0.646. The zero-order valence-corrected chi connectivity index (χ0v) is 13.0. The topological polar surface area (TPSA) is 3.24 Å². The van der Waals surface area contributed by atoms with Gasteiger partial charge in [-0.25, -0.2) is 0 Å². The molecule has 0 unspecified atom stereocenters. The monoisotopic (exact) mass is 293 g/mol. The molecule has 0 aliphatic rings. The van der Waals surface area contributed by atoms with Crippen LogP contribution in [0.4, 0.5) is 0 Å². The summed E-state index contributed by atoms with van der Waals surface area (Å²) in [6, 6.07) is 0. The molecular formula is C11H27NSn. The van der Waals surface area contributed by atoms with Gasteiger partial charge in [-0.1, -0.05) is 0 Å². The van der Waals surface area contributed by atoms with E-state index in [0.29, 0.717) is 0 Å². The van der Waals surface area contributed by atoms with Gasteiger partial charge in [-0.15, -0.1) is 0 Å². The van der Waals surface area contributed by atoms with Crippen molar-refractivity contribution in [2.75, 3.05) is 13.1 Å². The zero-order chi connectivity index (χ0) is 10.3. The Bertz CT molecular complexity index is 110. The van der Waals surface area contributed by atoms with Gasteiger partial charge in [0.1, 0.15) is 0 Å². The van der Waals surface area contributed by atoms with E-state index >= 15 is 0 Å². The number of unbranched alkanes of at least 4 members (excludes halogenated alkanes) is 2. The van der Waals surface area contributed by atoms with Crippen LogP contribution in [0.2, 0.25) is 14.8 Å². The molecule has 0 spiro atoms. The van der Waals surface area contributed by atoms with E-state index in [-0.39, 0.29) is 0 Å². The van der Waals surface area contributed by atoms with Crippen molar-refractivity contribution in [3.63, 3.8) is 0 Å². The number of rotatable bonds is 7. The Labute approximate surface area is 89.1 Å². The summed E-state index contributed by atoms with van der Waals surface area (Å²) in [7, 11) is 0. The second-order valence-corrected chi connectivity index (χ2v) is 19.1. The maximum atomic E-state index is 2.82. The fraction of sp³-hybridized carbons (Fsp3) is 1.00. The van der Waals surface area contributed by atoms with Crippen molar-refractivity contribution >= 4 is 18.7 Å². The van der Waals surface area contributed by atoms with Crippen molar-refractivity contribution in [1.82, 2.24) is 3.12 Å². The molecule has 0 aliphatic carbocycles. The average molecular weight is 292 g/mol. The van der Waals surface area contributed by atoms with Crippen LogP contribution in [0.25, 0.3) is 0 Å². The van der Waals surface area contributed by atoms with E-state index in [1.54, 1.807) is 0 Å². The zero-order valence-electron chi connectivity index (χ0n) is 10.2. The summed E-state index contributed by atoms with van der Waals surface area (Å²) in [5, 5.41) is 0. The van der Waals surface area contributed by atoms with Gasteiger partial charge in [0.2, 0.25) is 0 Å². The van der Waals surface area contributed by atoms with Crippen molar-refractivity contribution < 1.29 is 0 Å². The van der Waals surface area contributed by atoms with Gasteiger partial charge in [0.05, 0.1) is 0 Å². The van der Waals surface area contributed by atoms with Gasteiger partial charge < -0.3 is 0 Å². The summed E-state index contributed by atoms with van der Waals surface area (Å²) >= 11 is -1.73. The Hall–Kier alpha value is 0.759. The van der Waals surface area contributed by atoms with E-state index in [1.165, 1.54) is 38.8 Å². The van der Waals surface area contributed by atoms with Crippen LogP contribution in [0.3, 0.4) is 0 Å². The summed E-state index contributed by atoms with van der Waals surface area (Å²) in [6.07, 6.45) is 5.45.